The van der Waals surface area contributed by atoms with Gasteiger partial charge >= 0.3 is 0 Å². The number of nitrogens with zero attached hydrogens (tertiary/aromatic N) is 1. The molecule has 102 valence electrons. The van der Waals surface area contributed by atoms with Gasteiger partial charge < -0.3 is 0 Å². The largest absolute Gasteiger partial charge is 0.294 e. The Kier molecular flexibility index (Phi) is 4.28. The van der Waals surface area contributed by atoms with E-state index in [0.29, 0.717) is 13.2 Å². The molecule has 0 spiro atoms. The minimum absolute atomic E-state index is 0.458. The summed E-state index contributed by atoms with van der Waals surface area (Å²) in [6, 6.07) is 15.8. The first-order valence-electron chi connectivity index (χ1n) is 6.25. The third kappa shape index (κ3) is 3.35. The average molecular weight is 305 g/mol. The molecule has 3 rings (SSSR count). The van der Waals surface area contributed by atoms with Crippen LogP contribution in [0, 0.1) is 0 Å². The monoisotopic (exact) mass is 304 g/mol. The molecule has 0 amide bonds. The molecule has 1 aromatic heterocycles. The molecule has 0 bridgehead atoms. The van der Waals surface area contributed by atoms with Crippen molar-refractivity contribution in [2.24, 2.45) is 0 Å². The minimum atomic E-state index is 0.458. The number of aromatic nitrogens is 1. The van der Waals surface area contributed by atoms with Crippen molar-refractivity contribution in [3.63, 3.8) is 0 Å². The predicted molar refractivity (Wildman–Crippen MR) is 82.7 cm³/mol. The van der Waals surface area contributed by atoms with Gasteiger partial charge in [0.05, 0.1) is 10.2 Å². The molecule has 0 fully saturated rings. The number of rotatable bonds is 5. The van der Waals surface area contributed by atoms with Crippen molar-refractivity contribution < 1.29 is 4.84 Å². The van der Waals surface area contributed by atoms with Crippen LogP contribution in [0.25, 0.3) is 10.2 Å². The van der Waals surface area contributed by atoms with Gasteiger partial charge in [0, 0.05) is 11.6 Å². The molecule has 0 unspecified atom stereocenters. The SMILES string of the molecule is Clc1cccc(CNOCc2nc3ccccc3s2)c1. The van der Waals surface area contributed by atoms with Crippen LogP contribution in [0.15, 0.2) is 48.5 Å². The first-order valence-corrected chi connectivity index (χ1v) is 7.44. The van der Waals surface area contributed by atoms with Crippen molar-refractivity contribution in [3.05, 3.63) is 64.1 Å². The van der Waals surface area contributed by atoms with Crippen molar-refractivity contribution in [2.45, 2.75) is 13.2 Å². The molecule has 3 nitrogen and oxygen atoms in total. The molecule has 0 aliphatic carbocycles. The molecule has 5 heteroatoms. The maximum absolute atomic E-state index is 5.92. The molecule has 0 atom stereocenters. The Bertz CT molecular complexity index is 681. The fourth-order valence-electron chi connectivity index (χ4n) is 1.88. The van der Waals surface area contributed by atoms with Gasteiger partial charge in [0.2, 0.25) is 0 Å². The summed E-state index contributed by atoms with van der Waals surface area (Å²) in [6.45, 7) is 1.07. The summed E-state index contributed by atoms with van der Waals surface area (Å²) in [7, 11) is 0. The van der Waals surface area contributed by atoms with Crippen molar-refractivity contribution in [3.8, 4) is 0 Å². The van der Waals surface area contributed by atoms with Gasteiger partial charge in [-0.05, 0) is 29.8 Å². The van der Waals surface area contributed by atoms with Crippen LogP contribution in [0.4, 0.5) is 0 Å². The second-order valence-electron chi connectivity index (χ2n) is 4.32. The number of hydroxylamine groups is 1. The van der Waals surface area contributed by atoms with Crippen LogP contribution >= 0.6 is 22.9 Å². The highest BCUT2D eigenvalue weighted by Gasteiger charge is 2.03. The molecule has 0 aliphatic heterocycles. The van der Waals surface area contributed by atoms with Gasteiger partial charge in [0.25, 0.3) is 0 Å². The smallest absolute Gasteiger partial charge is 0.122 e. The van der Waals surface area contributed by atoms with E-state index < -0.39 is 0 Å². The Morgan fingerprint density at radius 2 is 2.05 bits per heavy atom. The Labute approximate surface area is 126 Å². The van der Waals surface area contributed by atoms with E-state index in [1.807, 2.05) is 42.5 Å². The van der Waals surface area contributed by atoms with E-state index in [2.05, 4.69) is 16.5 Å². The second kappa shape index (κ2) is 6.33. The molecule has 0 aliphatic rings. The van der Waals surface area contributed by atoms with E-state index in [-0.39, 0.29) is 0 Å². The highest BCUT2D eigenvalue weighted by molar-refractivity contribution is 7.18. The van der Waals surface area contributed by atoms with Gasteiger partial charge in [-0.15, -0.1) is 11.3 Å². The number of para-hydroxylation sites is 1. The molecule has 0 saturated carbocycles. The summed E-state index contributed by atoms with van der Waals surface area (Å²) in [5, 5.41) is 1.69. The minimum Gasteiger partial charge on any atom is -0.294 e. The van der Waals surface area contributed by atoms with Gasteiger partial charge in [-0.25, -0.2) is 4.98 Å². The standard InChI is InChI=1S/C15H13ClN2OS/c16-12-5-3-4-11(8-12)9-17-19-10-15-18-13-6-1-2-7-14(13)20-15/h1-8,17H,9-10H2. The molecule has 1 N–H and O–H groups in total. The molecule has 0 saturated heterocycles. The summed E-state index contributed by atoms with van der Waals surface area (Å²) in [6.07, 6.45) is 0. The van der Waals surface area contributed by atoms with Crippen molar-refractivity contribution in [1.29, 1.82) is 0 Å². The third-order valence-corrected chi connectivity index (χ3v) is 4.05. The number of benzene rings is 2. The maximum Gasteiger partial charge on any atom is 0.122 e. The van der Waals surface area contributed by atoms with Crippen LogP contribution in [-0.4, -0.2) is 4.98 Å². The van der Waals surface area contributed by atoms with E-state index >= 15 is 0 Å². The molecular formula is C15H13ClN2OS. The van der Waals surface area contributed by atoms with Crippen molar-refractivity contribution >= 4 is 33.2 Å². The summed E-state index contributed by atoms with van der Waals surface area (Å²) in [4.78, 5) is 9.95. The van der Waals surface area contributed by atoms with E-state index in [0.717, 1.165) is 21.1 Å². The van der Waals surface area contributed by atoms with Crippen LogP contribution in [-0.2, 0) is 18.0 Å². The second-order valence-corrected chi connectivity index (χ2v) is 5.87. The van der Waals surface area contributed by atoms with Gasteiger partial charge in [-0.1, -0.05) is 35.9 Å². The number of thiazole rings is 1. The molecule has 0 radical (unpaired) electrons. The van der Waals surface area contributed by atoms with Gasteiger partial charge in [-0.3, -0.25) is 4.84 Å². The lowest BCUT2D eigenvalue weighted by Gasteiger charge is -2.04. The summed E-state index contributed by atoms with van der Waals surface area (Å²) in [5.74, 6) is 0. The Hall–Kier alpha value is -1.46. The first-order chi connectivity index (χ1) is 9.81. The van der Waals surface area contributed by atoms with Crippen LogP contribution in [0.2, 0.25) is 5.02 Å². The normalized spacial score (nSPS) is 11.1. The third-order valence-electron chi connectivity index (χ3n) is 2.80. The summed E-state index contributed by atoms with van der Waals surface area (Å²) < 4.78 is 1.18. The van der Waals surface area contributed by atoms with Crippen LogP contribution in [0.1, 0.15) is 10.6 Å². The fourth-order valence-corrected chi connectivity index (χ4v) is 2.97. The predicted octanol–water partition coefficient (Wildman–Crippen LogP) is 4.17. The van der Waals surface area contributed by atoms with Crippen molar-refractivity contribution in [2.75, 3.05) is 0 Å². The topological polar surface area (TPSA) is 34.1 Å². The molecule has 1 heterocycles. The number of hydrogen-bond donors (Lipinski definition) is 1. The zero-order valence-corrected chi connectivity index (χ0v) is 12.2. The molecule has 2 aromatic carbocycles. The van der Waals surface area contributed by atoms with E-state index in [1.54, 1.807) is 11.3 Å². The van der Waals surface area contributed by atoms with Crippen LogP contribution < -0.4 is 5.48 Å². The zero-order chi connectivity index (χ0) is 13.8. The van der Waals surface area contributed by atoms with Crippen LogP contribution in [0.5, 0.6) is 0 Å². The summed E-state index contributed by atoms with van der Waals surface area (Å²) in [5.41, 5.74) is 5.03. The lowest BCUT2D eigenvalue weighted by atomic mass is 10.2. The fraction of sp³-hybridized carbons (Fsp3) is 0.133. The molecular weight excluding hydrogens is 292 g/mol. The number of halogens is 1. The van der Waals surface area contributed by atoms with E-state index in [1.165, 1.54) is 4.70 Å². The van der Waals surface area contributed by atoms with Crippen molar-refractivity contribution in [1.82, 2.24) is 10.5 Å². The Balaban J connectivity index is 1.52. The van der Waals surface area contributed by atoms with Gasteiger partial charge in [0.15, 0.2) is 0 Å². The van der Waals surface area contributed by atoms with Crippen LogP contribution in [0.3, 0.4) is 0 Å². The molecule has 20 heavy (non-hydrogen) atoms. The quantitative estimate of drug-likeness (QED) is 0.567. The van der Waals surface area contributed by atoms with E-state index in [4.69, 9.17) is 16.4 Å². The Morgan fingerprint density at radius 1 is 1.15 bits per heavy atom. The van der Waals surface area contributed by atoms with Gasteiger partial charge in [-0.2, -0.15) is 5.48 Å². The number of fused-ring (bicyclic) bond motifs is 1. The van der Waals surface area contributed by atoms with E-state index in [9.17, 15) is 0 Å². The first kappa shape index (κ1) is 13.5. The lowest BCUT2D eigenvalue weighted by molar-refractivity contribution is 0.0235. The highest BCUT2D eigenvalue weighted by Crippen LogP contribution is 2.21. The number of hydrogen-bond acceptors (Lipinski definition) is 4. The average Bonchev–Trinajstić information content (AvgIpc) is 2.86. The molecule has 3 aromatic rings. The maximum atomic E-state index is 5.92. The highest BCUT2D eigenvalue weighted by atomic mass is 35.5. The van der Waals surface area contributed by atoms with Gasteiger partial charge in [0.1, 0.15) is 11.6 Å². The zero-order valence-electron chi connectivity index (χ0n) is 10.7. The Morgan fingerprint density at radius 3 is 2.90 bits per heavy atom. The summed E-state index contributed by atoms with van der Waals surface area (Å²) >= 11 is 7.57. The number of nitrogens with one attached hydrogen (secondary N) is 1. The lowest BCUT2D eigenvalue weighted by Crippen LogP contribution is -2.13.